The summed E-state index contributed by atoms with van der Waals surface area (Å²) in [4.78, 5) is 22.3. The standard InChI is InChI=1S/C12H14O7S/c1-3-6-19-12(14)9-5-4-8(11(13)18-2)7-10(9)20(15,16)17/h4-5,7H,3,6H2,1-2H3,(H,15,16,17). The largest absolute Gasteiger partial charge is 0.465 e. The molecule has 1 N–H and O–H groups in total. The second kappa shape index (κ2) is 6.49. The zero-order valence-electron chi connectivity index (χ0n) is 11.0. The molecule has 0 aromatic heterocycles. The molecule has 1 aromatic carbocycles. The van der Waals surface area contributed by atoms with Gasteiger partial charge in [-0.15, -0.1) is 0 Å². The third-order valence-electron chi connectivity index (χ3n) is 2.34. The van der Waals surface area contributed by atoms with E-state index < -0.39 is 27.0 Å². The molecule has 0 aliphatic heterocycles. The van der Waals surface area contributed by atoms with E-state index in [1.165, 1.54) is 6.07 Å². The van der Waals surface area contributed by atoms with Gasteiger partial charge in [0.1, 0.15) is 4.90 Å². The lowest BCUT2D eigenvalue weighted by Gasteiger charge is -2.08. The highest BCUT2D eigenvalue weighted by atomic mass is 32.2. The van der Waals surface area contributed by atoms with E-state index in [1.54, 1.807) is 6.92 Å². The van der Waals surface area contributed by atoms with Gasteiger partial charge in [-0.05, 0) is 24.6 Å². The average Bonchev–Trinajstić information content (AvgIpc) is 2.42. The SMILES string of the molecule is CCCOC(=O)c1ccc(C(=O)OC)cc1S(=O)(=O)O. The van der Waals surface area contributed by atoms with Crippen LogP contribution in [0.2, 0.25) is 0 Å². The molecule has 0 aliphatic carbocycles. The van der Waals surface area contributed by atoms with Gasteiger partial charge in [0.25, 0.3) is 10.1 Å². The Kier molecular flexibility index (Phi) is 5.23. The summed E-state index contributed by atoms with van der Waals surface area (Å²) in [6, 6.07) is 3.17. The van der Waals surface area contributed by atoms with Crippen LogP contribution in [0, 0.1) is 0 Å². The van der Waals surface area contributed by atoms with E-state index in [4.69, 9.17) is 9.29 Å². The Morgan fingerprint density at radius 3 is 2.40 bits per heavy atom. The van der Waals surface area contributed by atoms with Crippen LogP contribution in [0.25, 0.3) is 0 Å². The Morgan fingerprint density at radius 2 is 1.90 bits per heavy atom. The monoisotopic (exact) mass is 302 g/mol. The maximum atomic E-state index is 11.7. The molecule has 1 aromatic rings. The summed E-state index contributed by atoms with van der Waals surface area (Å²) in [5.74, 6) is -1.68. The molecule has 110 valence electrons. The van der Waals surface area contributed by atoms with Crippen LogP contribution in [0.4, 0.5) is 0 Å². The first kappa shape index (κ1) is 16.1. The first-order valence-electron chi connectivity index (χ1n) is 5.68. The number of carbonyl (C=O) groups is 2. The van der Waals surface area contributed by atoms with Gasteiger partial charge in [-0.2, -0.15) is 8.42 Å². The fraction of sp³-hybridized carbons (Fsp3) is 0.333. The third kappa shape index (κ3) is 3.78. The van der Waals surface area contributed by atoms with Crippen molar-refractivity contribution in [2.24, 2.45) is 0 Å². The molecule has 0 radical (unpaired) electrons. The summed E-state index contributed by atoms with van der Waals surface area (Å²) in [7, 11) is -3.55. The fourth-order valence-electron chi connectivity index (χ4n) is 1.42. The Labute approximate surface area is 116 Å². The van der Waals surface area contributed by atoms with Crippen LogP contribution in [0.1, 0.15) is 34.1 Å². The summed E-state index contributed by atoms with van der Waals surface area (Å²) in [5, 5.41) is 0. The van der Waals surface area contributed by atoms with Gasteiger partial charge in [0.05, 0.1) is 24.8 Å². The molecule has 0 saturated carbocycles. The molecule has 7 nitrogen and oxygen atoms in total. The quantitative estimate of drug-likeness (QED) is 0.645. The van der Waals surface area contributed by atoms with Gasteiger partial charge < -0.3 is 9.47 Å². The molecule has 0 unspecified atom stereocenters. The number of hydrogen-bond donors (Lipinski definition) is 1. The molecule has 0 atom stereocenters. The van der Waals surface area contributed by atoms with Gasteiger partial charge in [-0.25, -0.2) is 9.59 Å². The minimum absolute atomic E-state index is 0.104. The van der Waals surface area contributed by atoms with E-state index in [-0.39, 0.29) is 17.7 Å². The van der Waals surface area contributed by atoms with Gasteiger partial charge in [0.15, 0.2) is 0 Å². The van der Waals surface area contributed by atoms with Crippen molar-refractivity contribution in [2.75, 3.05) is 13.7 Å². The second-order valence-electron chi connectivity index (χ2n) is 3.81. The smallest absolute Gasteiger partial charge is 0.339 e. The molecule has 20 heavy (non-hydrogen) atoms. The molecular weight excluding hydrogens is 288 g/mol. The van der Waals surface area contributed by atoms with Crippen molar-refractivity contribution in [3.8, 4) is 0 Å². The lowest BCUT2D eigenvalue weighted by atomic mass is 10.1. The summed E-state index contributed by atoms with van der Waals surface area (Å²) < 4.78 is 41.0. The Balaban J connectivity index is 3.32. The van der Waals surface area contributed by atoms with E-state index in [0.717, 1.165) is 19.2 Å². The van der Waals surface area contributed by atoms with E-state index in [0.29, 0.717) is 6.42 Å². The summed E-state index contributed by atoms with van der Waals surface area (Å²) in [6.45, 7) is 1.89. The van der Waals surface area contributed by atoms with Gasteiger partial charge in [0.2, 0.25) is 0 Å². The van der Waals surface area contributed by atoms with Crippen LogP contribution in [-0.4, -0.2) is 38.6 Å². The zero-order chi connectivity index (χ0) is 15.3. The molecular formula is C12H14O7S. The van der Waals surface area contributed by atoms with Crippen molar-refractivity contribution in [3.63, 3.8) is 0 Å². The van der Waals surface area contributed by atoms with E-state index in [2.05, 4.69) is 4.74 Å². The highest BCUT2D eigenvalue weighted by molar-refractivity contribution is 7.86. The Hall–Kier alpha value is -1.93. The average molecular weight is 302 g/mol. The molecule has 0 heterocycles. The first-order chi connectivity index (χ1) is 9.31. The minimum atomic E-state index is -4.68. The topological polar surface area (TPSA) is 107 Å². The summed E-state index contributed by atoms with van der Waals surface area (Å²) >= 11 is 0. The molecule has 0 fully saturated rings. The van der Waals surface area contributed by atoms with E-state index in [1.807, 2.05) is 0 Å². The van der Waals surface area contributed by atoms with Crippen molar-refractivity contribution >= 4 is 22.1 Å². The van der Waals surface area contributed by atoms with Crippen molar-refractivity contribution in [1.29, 1.82) is 0 Å². The van der Waals surface area contributed by atoms with Crippen molar-refractivity contribution in [2.45, 2.75) is 18.2 Å². The number of rotatable bonds is 5. The maximum Gasteiger partial charge on any atom is 0.339 e. The van der Waals surface area contributed by atoms with Gasteiger partial charge in [0, 0.05) is 0 Å². The molecule has 8 heteroatoms. The lowest BCUT2D eigenvalue weighted by Crippen LogP contribution is -2.14. The van der Waals surface area contributed by atoms with E-state index >= 15 is 0 Å². The van der Waals surface area contributed by atoms with Crippen LogP contribution in [0.15, 0.2) is 23.1 Å². The van der Waals surface area contributed by atoms with Gasteiger partial charge in [-0.3, -0.25) is 4.55 Å². The lowest BCUT2D eigenvalue weighted by molar-refractivity contribution is 0.0498. The number of carbonyl (C=O) groups excluding carboxylic acids is 2. The molecule has 0 aliphatic rings. The predicted molar refractivity (Wildman–Crippen MR) is 68.2 cm³/mol. The number of hydrogen-bond acceptors (Lipinski definition) is 6. The van der Waals surface area contributed by atoms with Crippen LogP contribution in [0.5, 0.6) is 0 Å². The number of benzene rings is 1. The van der Waals surface area contributed by atoms with Crippen molar-refractivity contribution in [3.05, 3.63) is 29.3 Å². The molecule has 0 saturated heterocycles. The molecule has 0 bridgehead atoms. The third-order valence-corrected chi connectivity index (χ3v) is 3.23. The molecule has 0 spiro atoms. The van der Waals surface area contributed by atoms with Gasteiger partial charge >= 0.3 is 11.9 Å². The molecule has 1 rings (SSSR count). The van der Waals surface area contributed by atoms with Gasteiger partial charge in [-0.1, -0.05) is 6.92 Å². The minimum Gasteiger partial charge on any atom is -0.465 e. The second-order valence-corrected chi connectivity index (χ2v) is 5.20. The van der Waals surface area contributed by atoms with Crippen LogP contribution in [-0.2, 0) is 19.6 Å². The zero-order valence-corrected chi connectivity index (χ0v) is 11.8. The summed E-state index contributed by atoms with van der Waals surface area (Å²) in [5.41, 5.74) is -0.444. The number of methoxy groups -OCH3 is 1. The highest BCUT2D eigenvalue weighted by Gasteiger charge is 2.23. The number of esters is 2. The predicted octanol–water partition coefficient (Wildman–Crippen LogP) is 1.29. The van der Waals surface area contributed by atoms with Crippen LogP contribution < -0.4 is 0 Å². The summed E-state index contributed by atoms with van der Waals surface area (Å²) in [6.07, 6.45) is 0.563. The Morgan fingerprint density at radius 1 is 1.25 bits per heavy atom. The van der Waals surface area contributed by atoms with E-state index in [9.17, 15) is 18.0 Å². The normalized spacial score (nSPS) is 10.9. The highest BCUT2D eigenvalue weighted by Crippen LogP contribution is 2.19. The number of ether oxygens (including phenoxy) is 2. The Bertz CT molecular complexity index is 619. The fourth-order valence-corrected chi connectivity index (χ4v) is 2.13. The maximum absolute atomic E-state index is 11.7. The first-order valence-corrected chi connectivity index (χ1v) is 7.12. The van der Waals surface area contributed by atoms with Crippen molar-refractivity contribution in [1.82, 2.24) is 0 Å². The van der Waals surface area contributed by atoms with Crippen molar-refractivity contribution < 1.29 is 32.0 Å². The van der Waals surface area contributed by atoms with Crippen LogP contribution in [0.3, 0.4) is 0 Å². The molecule has 0 amide bonds. The van der Waals surface area contributed by atoms with Crippen LogP contribution >= 0.6 is 0 Å².